The van der Waals surface area contributed by atoms with E-state index in [4.69, 9.17) is 5.11 Å². The Hall–Kier alpha value is -0.680. The van der Waals surface area contributed by atoms with E-state index in [-0.39, 0.29) is 18.8 Å². The van der Waals surface area contributed by atoms with Gasteiger partial charge in [-0.1, -0.05) is 11.8 Å². The third-order valence-electron chi connectivity index (χ3n) is 1.32. The second-order valence-corrected chi connectivity index (χ2v) is 3.37. The molecule has 1 aromatic heterocycles. The Labute approximate surface area is 86.8 Å². The monoisotopic (exact) mass is 222 g/mol. The molecule has 0 unspecified atom stereocenters. The molecule has 4 nitrogen and oxygen atoms in total. The summed E-state index contributed by atoms with van der Waals surface area (Å²) in [6.07, 6.45) is 3.71. The number of hydrogen-bond acceptors (Lipinski definition) is 3. The summed E-state index contributed by atoms with van der Waals surface area (Å²) in [5, 5.41) is 9.23. The van der Waals surface area contributed by atoms with E-state index in [0.29, 0.717) is 5.75 Å². The van der Waals surface area contributed by atoms with Crippen LogP contribution in [0.25, 0.3) is 0 Å². The maximum absolute atomic E-state index is 10.2. The molecule has 0 fully saturated rings. The van der Waals surface area contributed by atoms with Crippen LogP contribution in [-0.2, 0) is 11.8 Å². The molecule has 0 bridgehead atoms. The van der Waals surface area contributed by atoms with Crippen molar-refractivity contribution < 1.29 is 9.90 Å². The minimum absolute atomic E-state index is 0. The van der Waals surface area contributed by atoms with Crippen LogP contribution in [0.4, 0.5) is 0 Å². The lowest BCUT2D eigenvalue weighted by molar-refractivity contribution is -0.136. The van der Waals surface area contributed by atoms with Crippen LogP contribution in [0.3, 0.4) is 0 Å². The van der Waals surface area contributed by atoms with Crippen LogP contribution in [0, 0.1) is 0 Å². The van der Waals surface area contributed by atoms with E-state index in [1.54, 1.807) is 6.20 Å². The highest BCUT2D eigenvalue weighted by Gasteiger charge is 2.01. The minimum atomic E-state index is -0.767. The molecular formula is C7H11ClN2O2S. The van der Waals surface area contributed by atoms with Crippen LogP contribution < -0.4 is 0 Å². The second kappa shape index (κ2) is 5.88. The zero-order valence-electron chi connectivity index (χ0n) is 7.14. The molecular weight excluding hydrogens is 212 g/mol. The van der Waals surface area contributed by atoms with Gasteiger partial charge in [-0.15, -0.1) is 12.4 Å². The van der Waals surface area contributed by atoms with Crippen LogP contribution in [0.2, 0.25) is 0 Å². The lowest BCUT2D eigenvalue weighted by Gasteiger charge is -1.98. The van der Waals surface area contributed by atoms with Gasteiger partial charge in [0.1, 0.15) is 0 Å². The summed E-state index contributed by atoms with van der Waals surface area (Å²) in [5.41, 5.74) is 0. The number of aliphatic carboxylic acids is 1. The Bertz CT molecular complexity index is 277. The number of aromatic nitrogens is 2. The second-order valence-electron chi connectivity index (χ2n) is 2.31. The molecule has 0 aliphatic heterocycles. The number of nitrogens with zero attached hydrogens (tertiary/aromatic N) is 2. The maximum atomic E-state index is 10.2. The first kappa shape index (κ1) is 12.3. The van der Waals surface area contributed by atoms with Gasteiger partial charge >= 0.3 is 5.97 Å². The Morgan fingerprint density at radius 3 is 2.92 bits per heavy atom. The predicted octanol–water partition coefficient (Wildman–Crippen LogP) is 1.41. The minimum Gasteiger partial charge on any atom is -0.481 e. The first-order chi connectivity index (χ1) is 5.70. The molecule has 1 heterocycles. The van der Waals surface area contributed by atoms with Gasteiger partial charge in [-0.25, -0.2) is 4.98 Å². The lowest BCUT2D eigenvalue weighted by Crippen LogP contribution is -1.97. The van der Waals surface area contributed by atoms with Crippen molar-refractivity contribution in [3.63, 3.8) is 0 Å². The normalized spacial score (nSPS) is 9.31. The molecule has 0 saturated carbocycles. The van der Waals surface area contributed by atoms with Gasteiger partial charge < -0.3 is 9.67 Å². The highest BCUT2D eigenvalue weighted by atomic mass is 35.5. The van der Waals surface area contributed by atoms with Crippen LogP contribution in [0.1, 0.15) is 6.42 Å². The third-order valence-corrected chi connectivity index (χ3v) is 2.38. The van der Waals surface area contributed by atoms with E-state index < -0.39 is 5.97 Å². The van der Waals surface area contributed by atoms with Crippen LogP contribution in [0.15, 0.2) is 17.6 Å². The highest BCUT2D eigenvalue weighted by molar-refractivity contribution is 7.99. The number of rotatable bonds is 4. The summed E-state index contributed by atoms with van der Waals surface area (Å²) in [7, 11) is 1.89. The van der Waals surface area contributed by atoms with Crippen molar-refractivity contribution in [1.82, 2.24) is 9.55 Å². The standard InChI is InChI=1S/C7H10N2O2S.ClH/c1-9-4-3-8-7(9)12-5-2-6(10)11;/h3-4H,2,5H2,1H3,(H,10,11);1H. The van der Waals surface area contributed by atoms with E-state index in [9.17, 15) is 4.79 Å². The summed E-state index contributed by atoms with van der Waals surface area (Å²) in [5.74, 6) is -0.197. The zero-order chi connectivity index (χ0) is 8.97. The lowest BCUT2D eigenvalue weighted by atomic mass is 10.5. The molecule has 74 valence electrons. The van der Waals surface area contributed by atoms with Gasteiger partial charge in [-0.05, 0) is 0 Å². The molecule has 0 spiro atoms. The predicted molar refractivity (Wildman–Crippen MR) is 53.4 cm³/mol. The van der Waals surface area contributed by atoms with Gasteiger partial charge in [0.15, 0.2) is 5.16 Å². The van der Waals surface area contributed by atoms with Gasteiger partial charge in [-0.2, -0.15) is 0 Å². The van der Waals surface area contributed by atoms with Gasteiger partial charge in [0.05, 0.1) is 6.42 Å². The number of halogens is 1. The van der Waals surface area contributed by atoms with Crippen molar-refractivity contribution in [3.8, 4) is 0 Å². The molecule has 0 aromatic carbocycles. The number of thioether (sulfide) groups is 1. The fourth-order valence-electron chi connectivity index (χ4n) is 0.721. The fraction of sp³-hybridized carbons (Fsp3) is 0.429. The van der Waals surface area contributed by atoms with Crippen molar-refractivity contribution >= 4 is 30.1 Å². The summed E-state index contributed by atoms with van der Waals surface area (Å²) < 4.78 is 1.87. The van der Waals surface area contributed by atoms with E-state index in [0.717, 1.165) is 5.16 Å². The quantitative estimate of drug-likeness (QED) is 0.783. The highest BCUT2D eigenvalue weighted by Crippen LogP contribution is 2.14. The fourth-order valence-corrected chi connectivity index (χ4v) is 1.58. The molecule has 0 saturated heterocycles. The molecule has 0 radical (unpaired) electrons. The summed E-state index contributed by atoms with van der Waals surface area (Å²) >= 11 is 1.45. The van der Waals surface area contributed by atoms with Gasteiger partial charge in [0.25, 0.3) is 0 Å². The smallest absolute Gasteiger partial charge is 0.304 e. The van der Waals surface area contributed by atoms with Crippen LogP contribution in [-0.4, -0.2) is 26.4 Å². The van der Waals surface area contributed by atoms with Crippen molar-refractivity contribution in [2.24, 2.45) is 7.05 Å². The van der Waals surface area contributed by atoms with Gasteiger partial charge in [0.2, 0.25) is 0 Å². The first-order valence-corrected chi connectivity index (χ1v) is 4.50. The number of carboxylic acid groups (broad SMARTS) is 1. The first-order valence-electron chi connectivity index (χ1n) is 3.52. The Kier molecular flexibility index (Phi) is 5.57. The number of hydrogen-bond donors (Lipinski definition) is 1. The topological polar surface area (TPSA) is 55.1 Å². The average Bonchev–Trinajstić information content (AvgIpc) is 2.36. The van der Waals surface area contributed by atoms with E-state index >= 15 is 0 Å². The SMILES string of the molecule is Cl.Cn1ccnc1SCCC(=O)O. The summed E-state index contributed by atoms with van der Waals surface area (Å²) in [6, 6.07) is 0. The molecule has 0 amide bonds. The Morgan fingerprint density at radius 2 is 2.46 bits per heavy atom. The van der Waals surface area contributed by atoms with E-state index in [1.807, 2.05) is 17.8 Å². The van der Waals surface area contributed by atoms with Crippen molar-refractivity contribution in [2.75, 3.05) is 5.75 Å². The number of carbonyl (C=O) groups is 1. The molecule has 0 aliphatic rings. The number of carboxylic acids is 1. The van der Waals surface area contributed by atoms with Crippen molar-refractivity contribution in [1.29, 1.82) is 0 Å². The molecule has 1 rings (SSSR count). The van der Waals surface area contributed by atoms with Gasteiger partial charge in [-0.3, -0.25) is 4.79 Å². The molecule has 6 heteroatoms. The van der Waals surface area contributed by atoms with E-state index in [1.165, 1.54) is 11.8 Å². The summed E-state index contributed by atoms with van der Waals surface area (Å²) in [4.78, 5) is 14.2. The molecule has 13 heavy (non-hydrogen) atoms. The third kappa shape index (κ3) is 4.19. The maximum Gasteiger partial charge on any atom is 0.304 e. The van der Waals surface area contributed by atoms with E-state index in [2.05, 4.69) is 4.98 Å². The molecule has 0 aliphatic carbocycles. The van der Waals surface area contributed by atoms with Crippen molar-refractivity contribution in [2.45, 2.75) is 11.6 Å². The summed E-state index contributed by atoms with van der Waals surface area (Å²) in [6.45, 7) is 0. The van der Waals surface area contributed by atoms with Crippen LogP contribution >= 0.6 is 24.2 Å². The Balaban J connectivity index is 0.00000144. The Morgan fingerprint density at radius 1 is 1.77 bits per heavy atom. The van der Waals surface area contributed by atoms with Crippen LogP contribution in [0.5, 0.6) is 0 Å². The number of imidazole rings is 1. The average molecular weight is 223 g/mol. The molecule has 1 aromatic rings. The molecule has 1 N–H and O–H groups in total. The zero-order valence-corrected chi connectivity index (χ0v) is 8.77. The number of aryl methyl sites for hydroxylation is 1. The van der Waals surface area contributed by atoms with Crippen molar-refractivity contribution in [3.05, 3.63) is 12.4 Å². The largest absolute Gasteiger partial charge is 0.481 e. The molecule has 0 atom stereocenters. The van der Waals surface area contributed by atoms with Gasteiger partial charge in [0, 0.05) is 25.2 Å².